The highest BCUT2D eigenvalue weighted by atomic mass is 35.5. The summed E-state index contributed by atoms with van der Waals surface area (Å²) in [5, 5.41) is 7.42. The number of aromatic nitrogens is 6. The molecule has 10 rings (SSSR count). The van der Waals surface area contributed by atoms with E-state index in [9.17, 15) is 31.1 Å². The van der Waals surface area contributed by atoms with Gasteiger partial charge in [-0.25, -0.2) is 18.6 Å². The highest BCUT2D eigenvalue weighted by Crippen LogP contribution is 2.47. The number of piperidine rings is 1. The van der Waals surface area contributed by atoms with E-state index in [1.165, 1.54) is 39.0 Å². The summed E-state index contributed by atoms with van der Waals surface area (Å²) in [5.41, 5.74) is 0.242. The minimum absolute atomic E-state index is 0.0319. The Morgan fingerprint density at radius 1 is 0.640 bits per heavy atom. The van der Waals surface area contributed by atoms with Crippen LogP contribution in [0, 0.1) is 32.4 Å². The molecular weight excluding hydrogens is 1220 g/mol. The van der Waals surface area contributed by atoms with E-state index in [1.54, 1.807) is 25.7 Å². The number of carboxylic acids is 1. The standard InChI is InChI=1S/C32H39ClF4N6O3.C27H31ClF4N6O.C2H4O2/c1-17-13-18(2)38-27(24(17)32(35,36)37)23-22(33)14-21-26(25(23)34)39-29(45-16-20-9-8-10-41(20)7)40-28(21)43-12-11-42(15-19(43)3)30(44)46-31(4,5)6;1-14-11-19(33)34-24(21(14)27(30,31)32)20-18(28)12-17-23(22(20)29)35-26(39-13-16-8-6-9-37(16)3)36-25(17)38-10-5-4-7-15(38)2;1-2(3)4/h13-14,19-20H,8-12,15-16H2,1-7H3;11-12,15-16H,4-10,13H2,1-3H3,(H2,33,34);1H3,(H,3,4)/t19-,20-;15-,16-;/m00./s1. The lowest BCUT2D eigenvalue weighted by Crippen LogP contribution is -2.55. The van der Waals surface area contributed by atoms with Crippen LogP contribution in [0.1, 0.15) is 114 Å². The zero-order valence-electron chi connectivity index (χ0n) is 51.5. The first-order valence-corrected chi connectivity index (χ1v) is 30.1. The highest BCUT2D eigenvalue weighted by Gasteiger charge is 2.41. The van der Waals surface area contributed by atoms with Crippen LogP contribution < -0.4 is 25.0 Å². The second kappa shape index (κ2) is 27.3. The number of fused-ring (bicyclic) bond motifs is 2. The van der Waals surface area contributed by atoms with Crippen LogP contribution in [-0.4, -0.2) is 158 Å². The van der Waals surface area contributed by atoms with Crippen LogP contribution in [0.2, 0.25) is 10.0 Å². The molecule has 8 heterocycles. The van der Waals surface area contributed by atoms with E-state index in [1.807, 2.05) is 25.9 Å². The maximum Gasteiger partial charge on any atom is 0.418 e. The van der Waals surface area contributed by atoms with Gasteiger partial charge in [-0.15, -0.1) is 0 Å². The quantitative estimate of drug-likeness (QED) is 0.123. The molecule has 18 nitrogen and oxygen atoms in total. The zero-order valence-corrected chi connectivity index (χ0v) is 53.0. The molecule has 4 atom stereocenters. The van der Waals surface area contributed by atoms with E-state index in [-0.39, 0.29) is 91.9 Å². The van der Waals surface area contributed by atoms with Crippen molar-refractivity contribution in [3.8, 4) is 34.5 Å². The van der Waals surface area contributed by atoms with Gasteiger partial charge in [-0.2, -0.15) is 46.3 Å². The van der Waals surface area contributed by atoms with Crippen molar-refractivity contribution in [3.63, 3.8) is 0 Å². The van der Waals surface area contributed by atoms with Crippen molar-refractivity contribution in [2.24, 2.45) is 0 Å². The number of piperazine rings is 1. The predicted molar refractivity (Wildman–Crippen MR) is 325 cm³/mol. The van der Waals surface area contributed by atoms with E-state index in [0.29, 0.717) is 49.8 Å². The second-order valence-corrected chi connectivity index (χ2v) is 24.9. The molecule has 484 valence electrons. The number of aliphatic carboxylic acids is 1. The van der Waals surface area contributed by atoms with Crippen LogP contribution in [-0.2, 0) is 21.9 Å². The van der Waals surface area contributed by atoms with Crippen molar-refractivity contribution in [3.05, 3.63) is 73.9 Å². The van der Waals surface area contributed by atoms with Gasteiger partial charge in [0.05, 0.1) is 43.7 Å². The average Bonchev–Trinajstić information content (AvgIpc) is 0.936. The van der Waals surface area contributed by atoms with E-state index < -0.39 is 75.3 Å². The van der Waals surface area contributed by atoms with Crippen LogP contribution in [0.25, 0.3) is 44.3 Å². The fraction of sp³-hybridized carbons (Fsp3) is 0.541. The Hall–Kier alpha value is -6.90. The topological polar surface area (TPSA) is 202 Å². The van der Waals surface area contributed by atoms with Crippen molar-refractivity contribution in [2.75, 3.05) is 82.1 Å². The van der Waals surface area contributed by atoms with Crippen LogP contribution in [0.5, 0.6) is 12.0 Å². The third-order valence-corrected chi connectivity index (χ3v) is 16.7. The molecule has 3 N–H and O–H groups in total. The third kappa shape index (κ3) is 15.6. The number of benzene rings is 2. The number of nitrogens with zero attached hydrogens (tertiary/aromatic N) is 11. The fourth-order valence-corrected chi connectivity index (χ4v) is 12.4. The number of halogens is 10. The number of pyridine rings is 2. The van der Waals surface area contributed by atoms with Gasteiger partial charge in [-0.3, -0.25) is 9.78 Å². The second-order valence-electron chi connectivity index (χ2n) is 24.1. The number of carbonyl (C=O) groups excluding carboxylic acids is 1. The van der Waals surface area contributed by atoms with Crippen LogP contribution in [0.15, 0.2) is 24.3 Å². The maximum atomic E-state index is 16.7. The van der Waals surface area contributed by atoms with Gasteiger partial charge in [0.25, 0.3) is 5.97 Å². The number of carbonyl (C=O) groups is 2. The molecule has 0 aliphatic carbocycles. The molecule has 0 radical (unpaired) electrons. The number of alkyl halides is 6. The van der Waals surface area contributed by atoms with Gasteiger partial charge in [0.2, 0.25) is 0 Å². The number of aryl methyl sites for hydroxylation is 3. The number of nitrogen functional groups attached to an aromatic ring is 1. The molecule has 28 heteroatoms. The van der Waals surface area contributed by atoms with E-state index in [4.69, 9.17) is 53.0 Å². The largest absolute Gasteiger partial charge is 0.481 e. The molecule has 0 saturated carbocycles. The molecule has 4 aliphatic heterocycles. The average molecular weight is 1290 g/mol. The van der Waals surface area contributed by atoms with Gasteiger partial charge in [0.1, 0.15) is 47.3 Å². The van der Waals surface area contributed by atoms with Crippen molar-refractivity contribution in [1.29, 1.82) is 0 Å². The minimum Gasteiger partial charge on any atom is -0.481 e. The molecule has 0 unspecified atom stereocenters. The van der Waals surface area contributed by atoms with Crippen molar-refractivity contribution >= 4 is 74.5 Å². The number of carboxylic acid groups (broad SMARTS) is 1. The summed E-state index contributed by atoms with van der Waals surface area (Å²) in [6, 6.07) is 5.14. The molecule has 1 amide bonds. The summed E-state index contributed by atoms with van der Waals surface area (Å²) in [7, 11) is 4.00. The van der Waals surface area contributed by atoms with Gasteiger partial charge < -0.3 is 49.6 Å². The van der Waals surface area contributed by atoms with Gasteiger partial charge in [-0.05, 0) is 163 Å². The Balaban J connectivity index is 0.000000220. The van der Waals surface area contributed by atoms with E-state index in [2.05, 4.69) is 51.5 Å². The lowest BCUT2D eigenvalue weighted by Gasteiger charge is -2.41. The number of anilines is 3. The number of likely N-dealkylation sites (N-methyl/N-ethyl adjacent to an activating group) is 2. The maximum absolute atomic E-state index is 16.7. The summed E-state index contributed by atoms with van der Waals surface area (Å²) in [6.45, 7) is 18.5. The Morgan fingerprint density at radius 2 is 1.10 bits per heavy atom. The molecule has 0 spiro atoms. The van der Waals surface area contributed by atoms with Crippen molar-refractivity contribution < 1.29 is 64.0 Å². The number of ether oxygens (including phenoxy) is 3. The summed E-state index contributed by atoms with van der Waals surface area (Å²) in [4.78, 5) is 57.8. The third-order valence-electron chi connectivity index (χ3n) is 16.1. The van der Waals surface area contributed by atoms with Crippen molar-refractivity contribution in [2.45, 2.75) is 149 Å². The first kappa shape index (κ1) is 68.0. The highest BCUT2D eigenvalue weighted by molar-refractivity contribution is 6.35. The van der Waals surface area contributed by atoms with E-state index in [0.717, 1.165) is 71.0 Å². The van der Waals surface area contributed by atoms with E-state index >= 15 is 8.78 Å². The summed E-state index contributed by atoms with van der Waals surface area (Å²) >= 11 is 13.1. The Kier molecular flexibility index (Phi) is 20.9. The van der Waals surface area contributed by atoms with Gasteiger partial charge in [0, 0.05) is 73.7 Å². The smallest absolute Gasteiger partial charge is 0.418 e. The number of hydrogen-bond acceptors (Lipinski definition) is 16. The van der Waals surface area contributed by atoms with Crippen molar-refractivity contribution in [1.82, 2.24) is 44.6 Å². The lowest BCUT2D eigenvalue weighted by molar-refractivity contribution is -0.138. The number of likely N-dealkylation sites (tertiary alicyclic amines) is 2. The number of hydrogen-bond donors (Lipinski definition) is 2. The monoisotopic (exact) mass is 1290 g/mol. The molecule has 6 aromatic rings. The Labute approximate surface area is 521 Å². The molecule has 4 saturated heterocycles. The normalized spacial score (nSPS) is 19.5. The number of amides is 1. The summed E-state index contributed by atoms with van der Waals surface area (Å²) < 4.78 is 136. The van der Waals surface area contributed by atoms with Crippen LogP contribution >= 0.6 is 23.2 Å². The minimum atomic E-state index is -4.81. The first-order valence-electron chi connectivity index (χ1n) is 29.3. The van der Waals surface area contributed by atoms with Gasteiger partial charge in [0.15, 0.2) is 11.6 Å². The lowest BCUT2D eigenvalue weighted by atomic mass is 9.98. The first-order chi connectivity index (χ1) is 41.6. The Morgan fingerprint density at radius 3 is 1.53 bits per heavy atom. The zero-order chi connectivity index (χ0) is 65.4. The molecule has 4 aromatic heterocycles. The van der Waals surface area contributed by atoms with Gasteiger partial charge >= 0.3 is 30.5 Å². The number of nitrogens with two attached hydrogens (primary N) is 1. The number of rotatable bonds is 10. The summed E-state index contributed by atoms with van der Waals surface area (Å²) in [6.07, 6.45) is -3.26. The van der Waals surface area contributed by atoms with Crippen LogP contribution in [0.4, 0.5) is 57.4 Å². The van der Waals surface area contributed by atoms with Gasteiger partial charge in [-0.1, -0.05) is 23.2 Å². The Bertz CT molecular complexity index is 3610. The molecule has 89 heavy (non-hydrogen) atoms. The van der Waals surface area contributed by atoms with Crippen LogP contribution in [0.3, 0.4) is 0 Å². The SMILES string of the molecule is CC(=O)O.Cc1cc(C)c(C(F)(F)F)c(-c2c(Cl)cc3c(N4CCN(C(=O)OC(C)(C)C)C[C@@H]4C)nc(OC[C@@H]4CCCN4C)nc3c2F)n1.Cc1cc(N)nc(-c2c(Cl)cc3c(N4CCCC[C@@H]4C)nc(OC[C@@H]4CCCN4C)nc3c2F)c1C(F)(F)F. The molecule has 4 fully saturated rings. The molecule has 4 aliphatic rings. The molecular formula is C61H74Cl2F8N12O6. The fourth-order valence-electron chi connectivity index (χ4n) is 11.8. The summed E-state index contributed by atoms with van der Waals surface area (Å²) in [5.74, 6) is -2.36. The predicted octanol–water partition coefficient (Wildman–Crippen LogP) is 13.4. The molecule has 2 aromatic carbocycles. The molecule has 0 bridgehead atoms.